The Hall–Kier alpha value is -3.87. The molecule has 3 aliphatic rings. The van der Waals surface area contributed by atoms with E-state index in [0.717, 1.165) is 49.9 Å². The second-order valence-corrected chi connectivity index (χ2v) is 13.6. The van der Waals surface area contributed by atoms with Crippen molar-refractivity contribution in [3.63, 3.8) is 0 Å². The average molecular weight is 740 g/mol. The third-order valence-electron chi connectivity index (χ3n) is 9.19. The standard InChI is InChI=1S/C34H35Cl2FN2O4.C2HF3O2/c35-25-15-24(16-26(36)17-25)32(23-5-2-1-3-6-23)38-13-10-21(11-14-38)20-43-31-19-29(37)28(18-27(31)22-8-9-22)33(40)39-12-4-7-30(39)34(41)42;3-2(4,5)1(6)7/h1-3,5-6,15-19,21-22,30,32H,4,7-14,20H2,(H,41,42);(H,6,7). The van der Waals surface area contributed by atoms with E-state index in [-0.39, 0.29) is 17.5 Å². The number of halogens is 6. The zero-order valence-corrected chi connectivity index (χ0v) is 28.4. The molecule has 2 N–H and O–H groups in total. The summed E-state index contributed by atoms with van der Waals surface area (Å²) in [6, 6.07) is 18.1. The van der Waals surface area contributed by atoms with Crippen LogP contribution in [0.3, 0.4) is 0 Å². The molecule has 2 unspecified atom stereocenters. The van der Waals surface area contributed by atoms with Gasteiger partial charge in [-0.05, 0) is 104 Å². The number of alkyl halides is 3. The van der Waals surface area contributed by atoms with Crippen molar-refractivity contribution < 1.29 is 46.9 Å². The normalized spacial score (nSPS) is 19.0. The molecule has 0 aromatic heterocycles. The van der Waals surface area contributed by atoms with Crippen molar-refractivity contribution in [1.29, 1.82) is 0 Å². The van der Waals surface area contributed by atoms with Crippen LogP contribution < -0.4 is 4.74 Å². The van der Waals surface area contributed by atoms with Crippen molar-refractivity contribution in [3.8, 4) is 5.75 Å². The van der Waals surface area contributed by atoms with Gasteiger partial charge < -0.3 is 19.8 Å². The number of carboxylic acid groups (broad SMARTS) is 2. The fraction of sp³-hybridized carbons (Fsp3) is 0.417. The smallest absolute Gasteiger partial charge is 0.490 e. The highest BCUT2D eigenvalue weighted by atomic mass is 35.5. The Morgan fingerprint density at radius 1 is 0.860 bits per heavy atom. The lowest BCUT2D eigenvalue weighted by Gasteiger charge is -2.38. The van der Waals surface area contributed by atoms with Crippen LogP contribution in [0.1, 0.15) is 77.5 Å². The molecule has 2 saturated heterocycles. The second-order valence-electron chi connectivity index (χ2n) is 12.7. The fourth-order valence-corrected chi connectivity index (χ4v) is 7.11. The van der Waals surface area contributed by atoms with Gasteiger partial charge >= 0.3 is 18.1 Å². The molecule has 2 heterocycles. The maximum atomic E-state index is 15.3. The molecule has 0 spiro atoms. The van der Waals surface area contributed by atoms with Crippen LogP contribution in [-0.4, -0.2) is 76.3 Å². The number of likely N-dealkylation sites (tertiary alicyclic amines) is 2. The van der Waals surface area contributed by atoms with Crippen LogP contribution in [0.5, 0.6) is 5.75 Å². The van der Waals surface area contributed by atoms with Gasteiger partial charge in [-0.1, -0.05) is 53.5 Å². The SMILES string of the molecule is O=C(O)C(F)(F)F.O=C(O)C1CCCN1C(=O)c1cc(C2CC2)c(OCC2CCN(C(c3ccccc3)c3cc(Cl)cc(Cl)c3)CC2)cc1F. The van der Waals surface area contributed by atoms with Crippen LogP contribution in [0.15, 0.2) is 60.7 Å². The summed E-state index contributed by atoms with van der Waals surface area (Å²) < 4.78 is 53.3. The van der Waals surface area contributed by atoms with Crippen molar-refractivity contribution in [2.75, 3.05) is 26.2 Å². The lowest BCUT2D eigenvalue weighted by atomic mass is 9.91. The van der Waals surface area contributed by atoms with Gasteiger partial charge in [-0.15, -0.1) is 0 Å². The summed E-state index contributed by atoms with van der Waals surface area (Å²) in [6.07, 6.45) is -0.342. The zero-order chi connectivity index (χ0) is 36.2. The molecule has 1 saturated carbocycles. The van der Waals surface area contributed by atoms with E-state index < -0.39 is 35.9 Å². The number of nitrogens with zero attached hydrogens (tertiary/aromatic N) is 2. The number of amides is 1. The number of benzene rings is 3. The van der Waals surface area contributed by atoms with Crippen LogP contribution in [0, 0.1) is 11.7 Å². The van der Waals surface area contributed by atoms with Crippen molar-refractivity contribution >= 4 is 41.0 Å². The van der Waals surface area contributed by atoms with Crippen LogP contribution in [0.2, 0.25) is 10.0 Å². The number of hydrogen-bond acceptors (Lipinski definition) is 5. The van der Waals surface area contributed by atoms with Gasteiger partial charge in [0.05, 0.1) is 18.2 Å². The van der Waals surface area contributed by atoms with Gasteiger partial charge in [-0.25, -0.2) is 14.0 Å². The molecular weight excluding hydrogens is 703 g/mol. The Morgan fingerprint density at radius 2 is 1.48 bits per heavy atom. The third kappa shape index (κ3) is 9.26. The van der Waals surface area contributed by atoms with Crippen molar-refractivity contribution in [2.24, 2.45) is 5.92 Å². The van der Waals surface area contributed by atoms with Gasteiger partial charge in [0.25, 0.3) is 5.91 Å². The number of hydrogen-bond donors (Lipinski definition) is 2. The predicted octanol–water partition coefficient (Wildman–Crippen LogP) is 8.21. The second kappa shape index (κ2) is 16.0. The molecule has 6 rings (SSSR count). The highest BCUT2D eigenvalue weighted by Gasteiger charge is 2.39. The first-order chi connectivity index (χ1) is 23.7. The van der Waals surface area contributed by atoms with Gasteiger partial charge in [0.1, 0.15) is 17.6 Å². The van der Waals surface area contributed by atoms with Crippen LogP contribution >= 0.6 is 23.2 Å². The largest absolute Gasteiger partial charge is 0.493 e. The molecule has 0 bridgehead atoms. The highest BCUT2D eigenvalue weighted by Crippen LogP contribution is 2.46. The number of carbonyl (C=O) groups excluding carboxylic acids is 1. The molecule has 0 radical (unpaired) electrons. The Balaban J connectivity index is 0.000000630. The van der Waals surface area contributed by atoms with Crippen molar-refractivity contribution in [3.05, 3.63) is 98.8 Å². The molecular formula is C36H36Cl2F4N2O6. The Labute approximate surface area is 296 Å². The number of aliphatic carboxylic acids is 2. The minimum absolute atomic E-state index is 0.0243. The number of ether oxygens (including phenoxy) is 1. The quantitative estimate of drug-likeness (QED) is 0.213. The molecule has 3 aromatic carbocycles. The van der Waals surface area contributed by atoms with E-state index in [0.29, 0.717) is 47.7 Å². The monoisotopic (exact) mass is 738 g/mol. The van der Waals surface area contributed by atoms with E-state index in [1.165, 1.54) is 16.5 Å². The molecule has 268 valence electrons. The van der Waals surface area contributed by atoms with Crippen LogP contribution in [0.25, 0.3) is 0 Å². The minimum atomic E-state index is -5.08. The molecule has 1 amide bonds. The highest BCUT2D eigenvalue weighted by molar-refractivity contribution is 6.34. The van der Waals surface area contributed by atoms with Crippen LogP contribution in [0.4, 0.5) is 17.6 Å². The van der Waals surface area contributed by atoms with E-state index in [4.69, 9.17) is 37.8 Å². The molecule has 50 heavy (non-hydrogen) atoms. The Morgan fingerprint density at radius 3 is 2.04 bits per heavy atom. The number of rotatable bonds is 9. The third-order valence-corrected chi connectivity index (χ3v) is 9.63. The number of piperidine rings is 1. The average Bonchev–Trinajstić information content (AvgIpc) is 3.78. The molecule has 2 atom stereocenters. The summed E-state index contributed by atoms with van der Waals surface area (Å²) in [4.78, 5) is 37.4. The topological polar surface area (TPSA) is 107 Å². The fourth-order valence-electron chi connectivity index (χ4n) is 6.56. The first kappa shape index (κ1) is 37.4. The van der Waals surface area contributed by atoms with E-state index in [9.17, 15) is 27.9 Å². The Bertz CT molecular complexity index is 1680. The van der Waals surface area contributed by atoms with Gasteiger partial charge in [-0.3, -0.25) is 9.69 Å². The maximum absolute atomic E-state index is 15.3. The number of carbonyl (C=O) groups is 3. The molecule has 14 heteroatoms. The van der Waals surface area contributed by atoms with Crippen LogP contribution in [-0.2, 0) is 9.59 Å². The van der Waals surface area contributed by atoms with E-state index in [1.807, 2.05) is 30.3 Å². The van der Waals surface area contributed by atoms with E-state index >= 15 is 4.39 Å². The predicted molar refractivity (Wildman–Crippen MR) is 178 cm³/mol. The van der Waals surface area contributed by atoms with E-state index in [1.54, 1.807) is 12.1 Å². The molecule has 1 aliphatic carbocycles. The van der Waals surface area contributed by atoms with E-state index in [2.05, 4.69) is 17.0 Å². The first-order valence-corrected chi connectivity index (χ1v) is 17.0. The lowest BCUT2D eigenvalue weighted by Crippen LogP contribution is -2.40. The van der Waals surface area contributed by atoms with Crippen molar-refractivity contribution in [1.82, 2.24) is 9.80 Å². The number of carboxylic acids is 2. The molecule has 8 nitrogen and oxygen atoms in total. The molecule has 3 aromatic rings. The summed E-state index contributed by atoms with van der Waals surface area (Å²) in [5, 5.41) is 17.9. The van der Waals surface area contributed by atoms with Gasteiger partial charge in [0, 0.05) is 22.7 Å². The van der Waals surface area contributed by atoms with Gasteiger partial charge in [0.2, 0.25) is 0 Å². The van der Waals surface area contributed by atoms with Gasteiger partial charge in [-0.2, -0.15) is 13.2 Å². The lowest BCUT2D eigenvalue weighted by molar-refractivity contribution is -0.192. The first-order valence-electron chi connectivity index (χ1n) is 16.3. The maximum Gasteiger partial charge on any atom is 0.490 e. The van der Waals surface area contributed by atoms with Gasteiger partial charge in [0.15, 0.2) is 0 Å². The summed E-state index contributed by atoms with van der Waals surface area (Å²) in [5.41, 5.74) is 3.01. The molecule has 3 fully saturated rings. The summed E-state index contributed by atoms with van der Waals surface area (Å²) in [6.45, 7) is 2.50. The van der Waals surface area contributed by atoms with Crippen molar-refractivity contribution in [2.45, 2.75) is 62.7 Å². The summed E-state index contributed by atoms with van der Waals surface area (Å²) >= 11 is 12.8. The zero-order valence-electron chi connectivity index (χ0n) is 26.8. The summed E-state index contributed by atoms with van der Waals surface area (Å²) in [5.74, 6) is -4.01. The Kier molecular flexibility index (Phi) is 12.0. The summed E-state index contributed by atoms with van der Waals surface area (Å²) in [7, 11) is 0. The molecule has 2 aliphatic heterocycles. The minimum Gasteiger partial charge on any atom is -0.493 e.